The largest absolute Gasteiger partial charge is 0.508 e. The molecule has 0 spiro atoms. The van der Waals surface area contributed by atoms with E-state index in [1.54, 1.807) is 6.07 Å². The topological polar surface area (TPSA) is 20.2 Å². The molecule has 0 aliphatic heterocycles. The molecule has 0 heterocycles. The maximum atomic E-state index is 9.42. The predicted molar refractivity (Wildman–Crippen MR) is 67.5 cm³/mol. The highest BCUT2D eigenvalue weighted by molar-refractivity contribution is 5.34. The zero-order valence-electron chi connectivity index (χ0n) is 9.74. The van der Waals surface area contributed by atoms with Gasteiger partial charge >= 0.3 is 0 Å². The highest BCUT2D eigenvalue weighted by atomic mass is 16.3. The minimum atomic E-state index is 0.354. The number of rotatable bonds is 2. The fourth-order valence-electron chi connectivity index (χ4n) is 2.14. The molecule has 1 aliphatic carbocycles. The summed E-state index contributed by atoms with van der Waals surface area (Å²) in [6.45, 7) is 2.20. The van der Waals surface area contributed by atoms with Crippen molar-refractivity contribution in [2.24, 2.45) is 0 Å². The van der Waals surface area contributed by atoms with Gasteiger partial charge in [-0.1, -0.05) is 29.9 Å². The molecule has 0 saturated carbocycles. The summed E-state index contributed by atoms with van der Waals surface area (Å²) in [6.07, 6.45) is 9.16. The number of aromatic hydroxyl groups is 1. The van der Waals surface area contributed by atoms with E-state index in [9.17, 15) is 5.11 Å². The third-order valence-corrected chi connectivity index (χ3v) is 2.93. The first-order chi connectivity index (χ1) is 7.74. The molecule has 0 amide bonds. The Bertz CT molecular complexity index is 427. The maximum absolute atomic E-state index is 9.42. The van der Waals surface area contributed by atoms with Crippen LogP contribution in [-0.4, -0.2) is 5.11 Å². The lowest BCUT2D eigenvalue weighted by Crippen LogP contribution is -1.88. The van der Waals surface area contributed by atoms with Crippen molar-refractivity contribution in [1.82, 2.24) is 0 Å². The van der Waals surface area contributed by atoms with E-state index >= 15 is 0 Å². The van der Waals surface area contributed by atoms with Gasteiger partial charge in [-0.15, -0.1) is 0 Å². The lowest BCUT2D eigenvalue weighted by atomic mass is 10.0. The van der Waals surface area contributed by atoms with Crippen molar-refractivity contribution >= 4 is 0 Å². The van der Waals surface area contributed by atoms with Crippen LogP contribution >= 0.6 is 0 Å². The van der Waals surface area contributed by atoms with Crippen molar-refractivity contribution in [3.63, 3.8) is 0 Å². The molecule has 1 aromatic carbocycles. The molecule has 0 radical (unpaired) electrons. The van der Waals surface area contributed by atoms with Gasteiger partial charge in [0.15, 0.2) is 0 Å². The van der Waals surface area contributed by atoms with E-state index in [-0.39, 0.29) is 0 Å². The Balaban J connectivity index is 2.14. The quantitative estimate of drug-likeness (QED) is 0.789. The molecular weight excluding hydrogens is 196 g/mol. The van der Waals surface area contributed by atoms with Crippen LogP contribution in [0.15, 0.2) is 47.6 Å². The van der Waals surface area contributed by atoms with Crippen molar-refractivity contribution in [3.8, 4) is 5.75 Å². The summed E-state index contributed by atoms with van der Waals surface area (Å²) in [5.74, 6) is 0.354. The van der Waals surface area contributed by atoms with Crippen LogP contribution in [0.25, 0.3) is 0 Å². The summed E-state index contributed by atoms with van der Waals surface area (Å²) >= 11 is 0. The highest BCUT2D eigenvalue weighted by Crippen LogP contribution is 2.21. The van der Waals surface area contributed by atoms with E-state index in [1.165, 1.54) is 36.0 Å². The molecule has 1 N–H and O–H groups in total. The Kier molecular flexibility index (Phi) is 3.45. The first-order valence-electron chi connectivity index (χ1n) is 5.88. The second-order valence-corrected chi connectivity index (χ2v) is 4.51. The van der Waals surface area contributed by atoms with Gasteiger partial charge < -0.3 is 5.11 Å². The van der Waals surface area contributed by atoms with Gasteiger partial charge in [-0.25, -0.2) is 0 Å². The predicted octanol–water partition coefficient (Wildman–Crippen LogP) is 3.99. The Morgan fingerprint density at radius 2 is 2.19 bits per heavy atom. The molecule has 0 saturated heterocycles. The maximum Gasteiger partial charge on any atom is 0.115 e. The molecule has 0 fully saturated rings. The summed E-state index contributed by atoms with van der Waals surface area (Å²) in [4.78, 5) is 0. The molecular formula is C15H18O. The number of benzene rings is 1. The molecule has 16 heavy (non-hydrogen) atoms. The number of hydrogen-bond acceptors (Lipinski definition) is 1. The van der Waals surface area contributed by atoms with Crippen LogP contribution < -0.4 is 0 Å². The SMILES string of the molecule is CC1=CC(Cc2cccc(O)c2)=CCCC1. The van der Waals surface area contributed by atoms with Crippen LogP contribution in [0.1, 0.15) is 31.7 Å². The monoisotopic (exact) mass is 214 g/mol. The molecule has 0 atom stereocenters. The van der Waals surface area contributed by atoms with Gasteiger partial charge in [-0.3, -0.25) is 0 Å². The second-order valence-electron chi connectivity index (χ2n) is 4.51. The smallest absolute Gasteiger partial charge is 0.115 e. The average Bonchev–Trinajstić information content (AvgIpc) is 2.43. The molecule has 1 aliphatic rings. The molecule has 0 aromatic heterocycles. The van der Waals surface area contributed by atoms with Crippen LogP contribution in [0.2, 0.25) is 0 Å². The Labute approximate surface area is 97.1 Å². The molecule has 0 bridgehead atoms. The average molecular weight is 214 g/mol. The normalized spacial score (nSPS) is 16.3. The van der Waals surface area contributed by atoms with Crippen LogP contribution in [-0.2, 0) is 6.42 Å². The van der Waals surface area contributed by atoms with Crippen LogP contribution in [0.5, 0.6) is 5.75 Å². The summed E-state index contributed by atoms with van der Waals surface area (Å²) in [7, 11) is 0. The number of phenols is 1. The minimum absolute atomic E-state index is 0.354. The van der Waals surface area contributed by atoms with Gasteiger partial charge in [0, 0.05) is 0 Å². The Hall–Kier alpha value is -1.50. The van der Waals surface area contributed by atoms with Gasteiger partial charge in [-0.05, 0) is 55.9 Å². The summed E-state index contributed by atoms with van der Waals surface area (Å²) in [5, 5.41) is 9.42. The molecule has 1 nitrogen and oxygen atoms in total. The van der Waals surface area contributed by atoms with Crippen LogP contribution in [0.4, 0.5) is 0 Å². The van der Waals surface area contributed by atoms with Crippen molar-refractivity contribution < 1.29 is 5.11 Å². The van der Waals surface area contributed by atoms with Crippen molar-refractivity contribution in [3.05, 3.63) is 53.1 Å². The van der Waals surface area contributed by atoms with E-state index in [4.69, 9.17) is 0 Å². The van der Waals surface area contributed by atoms with Gasteiger partial charge in [-0.2, -0.15) is 0 Å². The third kappa shape index (κ3) is 2.99. The van der Waals surface area contributed by atoms with Crippen LogP contribution in [0.3, 0.4) is 0 Å². The van der Waals surface area contributed by atoms with Crippen molar-refractivity contribution in [2.75, 3.05) is 0 Å². The molecule has 2 rings (SSSR count). The summed E-state index contributed by atoms with van der Waals surface area (Å²) < 4.78 is 0. The summed E-state index contributed by atoms with van der Waals surface area (Å²) in [6, 6.07) is 7.52. The van der Waals surface area contributed by atoms with Gasteiger partial charge in [0.25, 0.3) is 0 Å². The number of hydrogen-bond donors (Lipinski definition) is 1. The molecule has 1 heteroatoms. The van der Waals surface area contributed by atoms with E-state index in [0.29, 0.717) is 5.75 Å². The lowest BCUT2D eigenvalue weighted by Gasteiger charge is -2.03. The second kappa shape index (κ2) is 5.02. The Morgan fingerprint density at radius 1 is 1.31 bits per heavy atom. The molecule has 1 aromatic rings. The van der Waals surface area contributed by atoms with E-state index in [1.807, 2.05) is 12.1 Å². The highest BCUT2D eigenvalue weighted by Gasteiger charge is 2.03. The van der Waals surface area contributed by atoms with Crippen molar-refractivity contribution in [2.45, 2.75) is 32.6 Å². The lowest BCUT2D eigenvalue weighted by molar-refractivity contribution is 0.474. The Morgan fingerprint density at radius 3 is 3.00 bits per heavy atom. The van der Waals surface area contributed by atoms with E-state index in [2.05, 4.69) is 25.1 Å². The van der Waals surface area contributed by atoms with Gasteiger partial charge in [0.05, 0.1) is 0 Å². The zero-order chi connectivity index (χ0) is 11.4. The summed E-state index contributed by atoms with van der Waals surface area (Å²) in [5.41, 5.74) is 4.02. The van der Waals surface area contributed by atoms with Gasteiger partial charge in [0.2, 0.25) is 0 Å². The zero-order valence-corrected chi connectivity index (χ0v) is 9.74. The number of phenolic OH excluding ortho intramolecular Hbond substituents is 1. The number of allylic oxidation sites excluding steroid dienone is 4. The first-order valence-corrected chi connectivity index (χ1v) is 5.88. The standard InChI is InChI=1S/C15H18O/c1-12-5-2-3-6-13(9-12)10-14-7-4-8-15(16)11-14/h4,6-9,11,16H,2-3,5,10H2,1H3. The fourth-order valence-corrected chi connectivity index (χ4v) is 2.14. The molecule has 0 unspecified atom stereocenters. The van der Waals surface area contributed by atoms with Gasteiger partial charge in [0.1, 0.15) is 5.75 Å². The first kappa shape index (κ1) is 11.0. The molecule has 84 valence electrons. The minimum Gasteiger partial charge on any atom is -0.508 e. The fraction of sp³-hybridized carbons (Fsp3) is 0.333. The van der Waals surface area contributed by atoms with Crippen molar-refractivity contribution in [1.29, 1.82) is 0 Å². The third-order valence-electron chi connectivity index (χ3n) is 2.93. The van der Waals surface area contributed by atoms with Crippen LogP contribution in [0, 0.1) is 0 Å². The van der Waals surface area contributed by atoms with E-state index in [0.717, 1.165) is 6.42 Å². The van der Waals surface area contributed by atoms with E-state index < -0.39 is 0 Å².